The molecule has 0 bridgehead atoms. The summed E-state index contributed by atoms with van der Waals surface area (Å²) in [5.74, 6) is -0.912. The summed E-state index contributed by atoms with van der Waals surface area (Å²) in [6.07, 6.45) is 1.41. The highest BCUT2D eigenvalue weighted by Gasteiger charge is 2.25. The standard InChI is InChI=1S/C14H13ClF2N2/c1-14(18,12-6-5-10(16)8-19-12)7-9-3-2-4-11(17)13(9)15/h2-6,8H,7,18H2,1H3. The molecular weight excluding hydrogens is 270 g/mol. The van der Waals surface area contributed by atoms with Crippen LogP contribution < -0.4 is 5.73 Å². The molecule has 0 aliphatic heterocycles. The smallest absolute Gasteiger partial charge is 0.142 e. The van der Waals surface area contributed by atoms with Crippen molar-refractivity contribution in [2.45, 2.75) is 18.9 Å². The molecule has 0 radical (unpaired) electrons. The van der Waals surface area contributed by atoms with E-state index in [1.165, 1.54) is 18.2 Å². The van der Waals surface area contributed by atoms with Crippen molar-refractivity contribution in [1.29, 1.82) is 0 Å². The Labute approximate surface area is 115 Å². The average molecular weight is 283 g/mol. The maximum Gasteiger partial charge on any atom is 0.142 e. The molecule has 0 aliphatic carbocycles. The molecule has 0 aliphatic rings. The number of nitrogens with zero attached hydrogens (tertiary/aromatic N) is 1. The van der Waals surface area contributed by atoms with Crippen LogP contribution in [0.4, 0.5) is 8.78 Å². The average Bonchev–Trinajstić information content (AvgIpc) is 2.35. The summed E-state index contributed by atoms with van der Waals surface area (Å²) in [6.45, 7) is 1.74. The van der Waals surface area contributed by atoms with E-state index in [2.05, 4.69) is 4.98 Å². The van der Waals surface area contributed by atoms with Crippen molar-refractivity contribution in [3.8, 4) is 0 Å². The molecule has 2 N–H and O–H groups in total. The lowest BCUT2D eigenvalue weighted by molar-refractivity contribution is 0.471. The van der Waals surface area contributed by atoms with Crippen LogP contribution in [0.25, 0.3) is 0 Å². The highest BCUT2D eigenvalue weighted by atomic mass is 35.5. The fourth-order valence-electron chi connectivity index (χ4n) is 1.88. The van der Waals surface area contributed by atoms with E-state index in [1.807, 2.05) is 0 Å². The lowest BCUT2D eigenvalue weighted by Crippen LogP contribution is -2.36. The van der Waals surface area contributed by atoms with Gasteiger partial charge in [-0.2, -0.15) is 0 Å². The van der Waals surface area contributed by atoms with Crippen LogP contribution in [0.5, 0.6) is 0 Å². The van der Waals surface area contributed by atoms with Crippen LogP contribution >= 0.6 is 11.6 Å². The number of pyridine rings is 1. The largest absolute Gasteiger partial charge is 0.320 e. The Bertz CT molecular complexity index is 582. The molecule has 100 valence electrons. The van der Waals surface area contributed by atoms with Crippen LogP contribution in [0.1, 0.15) is 18.2 Å². The predicted molar refractivity (Wildman–Crippen MR) is 70.8 cm³/mol. The Morgan fingerprint density at radius 3 is 2.63 bits per heavy atom. The Hall–Kier alpha value is -1.52. The molecule has 2 rings (SSSR count). The summed E-state index contributed by atoms with van der Waals surface area (Å²) in [5.41, 5.74) is 6.43. The van der Waals surface area contributed by atoms with Gasteiger partial charge in [0.25, 0.3) is 0 Å². The summed E-state index contributed by atoms with van der Waals surface area (Å²) in [6, 6.07) is 7.38. The topological polar surface area (TPSA) is 38.9 Å². The molecular formula is C14H13ClF2N2. The van der Waals surface area contributed by atoms with E-state index in [1.54, 1.807) is 19.1 Å². The summed E-state index contributed by atoms with van der Waals surface area (Å²) >= 11 is 5.90. The van der Waals surface area contributed by atoms with Crippen LogP contribution in [0.3, 0.4) is 0 Å². The molecule has 1 unspecified atom stereocenters. The van der Waals surface area contributed by atoms with Crippen molar-refractivity contribution >= 4 is 11.6 Å². The number of nitrogens with two attached hydrogens (primary N) is 1. The predicted octanol–water partition coefficient (Wildman–Crippen LogP) is 3.43. The first-order chi connectivity index (χ1) is 8.90. The minimum absolute atomic E-state index is 0.0567. The SMILES string of the molecule is CC(N)(Cc1cccc(F)c1Cl)c1ccc(F)cn1. The van der Waals surface area contributed by atoms with Crippen LogP contribution in [0.15, 0.2) is 36.5 Å². The molecule has 2 aromatic rings. The van der Waals surface area contributed by atoms with Crippen molar-refractivity contribution in [2.75, 3.05) is 0 Å². The van der Waals surface area contributed by atoms with E-state index in [0.29, 0.717) is 17.7 Å². The zero-order chi connectivity index (χ0) is 14.0. The fourth-order valence-corrected chi connectivity index (χ4v) is 2.08. The Morgan fingerprint density at radius 1 is 1.26 bits per heavy atom. The first kappa shape index (κ1) is 13.9. The van der Waals surface area contributed by atoms with Gasteiger partial charge in [-0.3, -0.25) is 4.98 Å². The van der Waals surface area contributed by atoms with Gasteiger partial charge in [-0.05, 0) is 37.1 Å². The van der Waals surface area contributed by atoms with Gasteiger partial charge in [0, 0.05) is 0 Å². The van der Waals surface area contributed by atoms with Crippen LogP contribution in [0.2, 0.25) is 5.02 Å². The van der Waals surface area contributed by atoms with E-state index in [0.717, 1.165) is 6.20 Å². The lowest BCUT2D eigenvalue weighted by Gasteiger charge is -2.24. The van der Waals surface area contributed by atoms with Gasteiger partial charge in [-0.25, -0.2) is 8.78 Å². The molecule has 1 atom stereocenters. The van der Waals surface area contributed by atoms with Gasteiger partial charge in [-0.15, -0.1) is 0 Å². The zero-order valence-electron chi connectivity index (χ0n) is 10.3. The van der Waals surface area contributed by atoms with E-state index in [9.17, 15) is 8.78 Å². The van der Waals surface area contributed by atoms with Gasteiger partial charge in [0.05, 0.1) is 22.5 Å². The van der Waals surface area contributed by atoms with Gasteiger partial charge < -0.3 is 5.73 Å². The monoisotopic (exact) mass is 282 g/mol. The third kappa shape index (κ3) is 3.08. The van der Waals surface area contributed by atoms with Gasteiger partial charge in [-0.1, -0.05) is 23.7 Å². The Kier molecular flexibility index (Phi) is 3.83. The molecule has 1 aromatic heterocycles. The van der Waals surface area contributed by atoms with Gasteiger partial charge >= 0.3 is 0 Å². The quantitative estimate of drug-likeness (QED) is 0.937. The van der Waals surface area contributed by atoms with Crippen molar-refractivity contribution in [1.82, 2.24) is 4.98 Å². The second-order valence-corrected chi connectivity index (χ2v) is 5.05. The molecule has 0 fully saturated rings. The first-order valence-corrected chi connectivity index (χ1v) is 6.12. The summed E-state index contributed by atoms with van der Waals surface area (Å²) in [7, 11) is 0. The van der Waals surface area contributed by atoms with Crippen LogP contribution in [0, 0.1) is 11.6 Å². The van der Waals surface area contributed by atoms with E-state index >= 15 is 0 Å². The molecule has 19 heavy (non-hydrogen) atoms. The first-order valence-electron chi connectivity index (χ1n) is 5.74. The summed E-state index contributed by atoms with van der Waals surface area (Å²) < 4.78 is 26.2. The number of hydrogen-bond acceptors (Lipinski definition) is 2. The molecule has 1 aromatic carbocycles. The molecule has 0 spiro atoms. The summed E-state index contributed by atoms with van der Waals surface area (Å²) in [4.78, 5) is 3.96. The maximum atomic E-state index is 13.4. The number of benzene rings is 1. The molecule has 5 heteroatoms. The number of halogens is 3. The lowest BCUT2D eigenvalue weighted by atomic mass is 9.90. The molecule has 0 saturated carbocycles. The van der Waals surface area contributed by atoms with Crippen molar-refractivity contribution < 1.29 is 8.78 Å². The van der Waals surface area contributed by atoms with Gasteiger partial charge in [0.1, 0.15) is 11.6 Å². The third-order valence-corrected chi connectivity index (χ3v) is 3.33. The minimum atomic E-state index is -0.856. The maximum absolute atomic E-state index is 13.4. The van der Waals surface area contributed by atoms with E-state index in [-0.39, 0.29) is 5.02 Å². The minimum Gasteiger partial charge on any atom is -0.320 e. The van der Waals surface area contributed by atoms with Gasteiger partial charge in [0.15, 0.2) is 0 Å². The second kappa shape index (κ2) is 5.23. The Balaban J connectivity index is 2.30. The normalized spacial score (nSPS) is 14.2. The fraction of sp³-hybridized carbons (Fsp3) is 0.214. The number of hydrogen-bond donors (Lipinski definition) is 1. The van der Waals surface area contributed by atoms with E-state index < -0.39 is 17.2 Å². The molecule has 1 heterocycles. The van der Waals surface area contributed by atoms with Crippen LogP contribution in [-0.2, 0) is 12.0 Å². The zero-order valence-corrected chi connectivity index (χ0v) is 11.1. The van der Waals surface area contributed by atoms with E-state index in [4.69, 9.17) is 17.3 Å². The Morgan fingerprint density at radius 2 is 2.00 bits per heavy atom. The summed E-state index contributed by atoms with van der Waals surface area (Å²) in [5, 5.41) is 0.0567. The van der Waals surface area contributed by atoms with Gasteiger partial charge in [0.2, 0.25) is 0 Å². The highest BCUT2D eigenvalue weighted by Crippen LogP contribution is 2.27. The van der Waals surface area contributed by atoms with Crippen molar-refractivity contribution in [3.63, 3.8) is 0 Å². The van der Waals surface area contributed by atoms with Crippen molar-refractivity contribution in [3.05, 3.63) is 64.4 Å². The number of rotatable bonds is 3. The highest BCUT2D eigenvalue weighted by molar-refractivity contribution is 6.31. The molecule has 0 saturated heterocycles. The van der Waals surface area contributed by atoms with Crippen molar-refractivity contribution in [2.24, 2.45) is 5.73 Å². The second-order valence-electron chi connectivity index (χ2n) is 4.67. The number of aromatic nitrogens is 1. The van der Waals surface area contributed by atoms with Crippen LogP contribution in [-0.4, -0.2) is 4.98 Å². The third-order valence-electron chi connectivity index (χ3n) is 2.90. The molecule has 2 nitrogen and oxygen atoms in total. The molecule has 0 amide bonds.